The van der Waals surface area contributed by atoms with Crippen LogP contribution in [0.5, 0.6) is 0 Å². The van der Waals surface area contributed by atoms with Crippen LogP contribution in [0.25, 0.3) is 0 Å². The van der Waals surface area contributed by atoms with E-state index in [0.717, 1.165) is 32.4 Å². The molecule has 0 unspecified atom stereocenters. The Hall–Kier alpha value is 0.420. The lowest BCUT2D eigenvalue weighted by Crippen LogP contribution is -2.17. The normalized spacial score (nSPS) is 12.0. The number of nitrogens with one attached hydrogen (secondary N) is 1. The van der Waals surface area contributed by atoms with Gasteiger partial charge in [-0.2, -0.15) is 11.8 Å². The summed E-state index contributed by atoms with van der Waals surface area (Å²) in [4.78, 5) is 17.2. The number of unbranched alkanes of at least 4 members (excludes halogenated alkanes) is 18. The average Bonchev–Trinajstić information content (AvgIpc) is 2.80. The summed E-state index contributed by atoms with van der Waals surface area (Å²) >= 11 is 2.12. The van der Waals surface area contributed by atoms with Crippen LogP contribution in [0, 0.1) is 0 Å². The van der Waals surface area contributed by atoms with Gasteiger partial charge in [0.2, 0.25) is 0 Å². The molecular formula is C27H58NO4PS. The van der Waals surface area contributed by atoms with Crippen molar-refractivity contribution in [2.24, 2.45) is 0 Å². The molecule has 0 amide bonds. The monoisotopic (exact) mass is 523 g/mol. The molecule has 0 aliphatic carbocycles. The molecule has 0 saturated carbocycles. The van der Waals surface area contributed by atoms with E-state index in [1.54, 1.807) is 0 Å². The molecule has 34 heavy (non-hydrogen) atoms. The van der Waals surface area contributed by atoms with E-state index < -0.39 is 7.82 Å². The van der Waals surface area contributed by atoms with Gasteiger partial charge in [0, 0.05) is 0 Å². The van der Waals surface area contributed by atoms with Crippen molar-refractivity contribution in [3.63, 3.8) is 0 Å². The zero-order chi connectivity index (χ0) is 25.0. The molecule has 0 aromatic heterocycles. The van der Waals surface area contributed by atoms with Gasteiger partial charge in [0.15, 0.2) is 0 Å². The Labute approximate surface area is 216 Å². The van der Waals surface area contributed by atoms with E-state index in [-0.39, 0.29) is 6.61 Å². The maximum absolute atomic E-state index is 10.5. The first-order valence-electron chi connectivity index (χ1n) is 14.5. The van der Waals surface area contributed by atoms with E-state index >= 15 is 0 Å². The number of rotatable bonds is 29. The lowest BCUT2D eigenvalue weighted by molar-refractivity contribution is 0.193. The van der Waals surface area contributed by atoms with Crippen LogP contribution >= 0.6 is 19.6 Å². The van der Waals surface area contributed by atoms with Crippen LogP contribution in [0.3, 0.4) is 0 Å². The summed E-state index contributed by atoms with van der Waals surface area (Å²) in [6.45, 7) is 4.68. The van der Waals surface area contributed by atoms with Crippen molar-refractivity contribution in [1.82, 2.24) is 5.32 Å². The first-order chi connectivity index (χ1) is 16.6. The van der Waals surface area contributed by atoms with Crippen LogP contribution in [-0.4, -0.2) is 41.0 Å². The SMILES string of the molecule is CCCCCCCCCCCCCCCCSCCCNCCCCCCCCOP(=O)(O)O. The number of hydrogen-bond donors (Lipinski definition) is 3. The molecule has 0 aromatic carbocycles. The zero-order valence-corrected chi connectivity index (χ0v) is 24.2. The predicted molar refractivity (Wildman–Crippen MR) is 151 cm³/mol. The van der Waals surface area contributed by atoms with Gasteiger partial charge >= 0.3 is 7.82 Å². The maximum atomic E-state index is 10.5. The summed E-state index contributed by atoms with van der Waals surface area (Å²) < 4.78 is 15.0. The molecule has 0 spiro atoms. The second-order valence-electron chi connectivity index (χ2n) is 9.76. The minimum Gasteiger partial charge on any atom is -0.317 e. The number of phosphoric ester groups is 1. The Morgan fingerprint density at radius 2 is 1.00 bits per heavy atom. The molecular weight excluding hydrogens is 465 g/mol. The van der Waals surface area contributed by atoms with Crippen LogP contribution in [0.4, 0.5) is 0 Å². The van der Waals surface area contributed by atoms with Crippen LogP contribution in [0.2, 0.25) is 0 Å². The van der Waals surface area contributed by atoms with Gasteiger partial charge in [0.1, 0.15) is 0 Å². The number of thioether (sulfide) groups is 1. The van der Waals surface area contributed by atoms with Gasteiger partial charge in [0.25, 0.3) is 0 Å². The van der Waals surface area contributed by atoms with Gasteiger partial charge in [0.05, 0.1) is 6.61 Å². The molecule has 0 radical (unpaired) electrons. The summed E-state index contributed by atoms with van der Waals surface area (Å²) in [6.07, 6.45) is 27.8. The lowest BCUT2D eigenvalue weighted by Gasteiger charge is -2.06. The Balaban J connectivity index is 3.03. The fraction of sp³-hybridized carbons (Fsp3) is 1.00. The molecule has 206 valence electrons. The van der Waals surface area contributed by atoms with Gasteiger partial charge in [-0.05, 0) is 50.3 Å². The van der Waals surface area contributed by atoms with Gasteiger partial charge in [-0.3, -0.25) is 4.52 Å². The molecule has 0 bridgehead atoms. The first-order valence-corrected chi connectivity index (χ1v) is 17.2. The van der Waals surface area contributed by atoms with Crippen LogP contribution in [-0.2, 0) is 9.09 Å². The minimum atomic E-state index is -4.28. The topological polar surface area (TPSA) is 78.8 Å². The Morgan fingerprint density at radius 1 is 0.588 bits per heavy atom. The number of hydrogen-bond acceptors (Lipinski definition) is 4. The molecule has 7 heteroatoms. The summed E-state index contributed by atoms with van der Waals surface area (Å²) in [6, 6.07) is 0. The van der Waals surface area contributed by atoms with E-state index in [0.29, 0.717) is 0 Å². The predicted octanol–water partition coefficient (Wildman–Crippen LogP) is 8.63. The molecule has 5 nitrogen and oxygen atoms in total. The van der Waals surface area contributed by atoms with Gasteiger partial charge in [-0.1, -0.05) is 116 Å². The standard InChI is InChI=1S/C27H58NO4PS/c1-2-3-4-5-6-7-8-9-10-11-12-15-18-21-26-34-27-22-24-28-23-19-16-13-14-17-20-25-32-33(29,30)31/h28H,2-27H2,1H3,(H2,29,30,31). The third kappa shape index (κ3) is 32.4. The molecule has 0 heterocycles. The van der Waals surface area contributed by atoms with Crippen LogP contribution in [0.15, 0.2) is 0 Å². The molecule has 0 aliphatic rings. The molecule has 0 rings (SSSR count). The highest BCUT2D eigenvalue weighted by molar-refractivity contribution is 7.99. The molecule has 0 fully saturated rings. The lowest BCUT2D eigenvalue weighted by atomic mass is 10.0. The van der Waals surface area contributed by atoms with E-state index in [2.05, 4.69) is 28.5 Å². The summed E-state index contributed by atoms with van der Waals surface area (Å²) in [5.74, 6) is 2.61. The molecule has 0 aliphatic heterocycles. The van der Waals surface area contributed by atoms with Crippen LogP contribution in [0.1, 0.15) is 142 Å². The van der Waals surface area contributed by atoms with Crippen molar-refractivity contribution in [2.75, 3.05) is 31.2 Å². The Kier molecular flexibility index (Phi) is 28.3. The highest BCUT2D eigenvalue weighted by atomic mass is 32.2. The van der Waals surface area contributed by atoms with E-state index in [1.165, 1.54) is 127 Å². The van der Waals surface area contributed by atoms with Crippen molar-refractivity contribution < 1.29 is 18.9 Å². The van der Waals surface area contributed by atoms with Crippen LogP contribution < -0.4 is 5.32 Å². The molecule has 3 N–H and O–H groups in total. The molecule has 0 saturated heterocycles. The fourth-order valence-corrected chi connectivity index (χ4v) is 5.50. The maximum Gasteiger partial charge on any atom is 0.469 e. The highest BCUT2D eigenvalue weighted by Gasteiger charge is 2.12. The Morgan fingerprint density at radius 3 is 1.53 bits per heavy atom. The molecule has 0 atom stereocenters. The van der Waals surface area contributed by atoms with Crippen molar-refractivity contribution >= 4 is 19.6 Å². The summed E-state index contributed by atoms with van der Waals surface area (Å²) in [7, 11) is -4.28. The highest BCUT2D eigenvalue weighted by Crippen LogP contribution is 2.35. The third-order valence-corrected chi connectivity index (χ3v) is 7.97. The smallest absolute Gasteiger partial charge is 0.317 e. The van der Waals surface area contributed by atoms with Gasteiger partial charge in [-0.15, -0.1) is 0 Å². The Bertz CT molecular complexity index is 437. The van der Waals surface area contributed by atoms with Crippen molar-refractivity contribution in [3.8, 4) is 0 Å². The van der Waals surface area contributed by atoms with E-state index in [4.69, 9.17) is 9.79 Å². The average molecular weight is 524 g/mol. The second-order valence-corrected chi connectivity index (χ2v) is 12.2. The van der Waals surface area contributed by atoms with Crippen molar-refractivity contribution in [2.45, 2.75) is 142 Å². The minimum absolute atomic E-state index is 0.156. The largest absolute Gasteiger partial charge is 0.469 e. The van der Waals surface area contributed by atoms with E-state index in [1.807, 2.05) is 0 Å². The number of phosphoric acid groups is 1. The van der Waals surface area contributed by atoms with Crippen molar-refractivity contribution in [1.29, 1.82) is 0 Å². The quantitative estimate of drug-likeness (QED) is 0.0672. The fourth-order valence-electron chi connectivity index (χ4n) is 4.17. The van der Waals surface area contributed by atoms with E-state index in [9.17, 15) is 4.57 Å². The third-order valence-electron chi connectivity index (χ3n) is 6.29. The van der Waals surface area contributed by atoms with Crippen molar-refractivity contribution in [3.05, 3.63) is 0 Å². The van der Waals surface area contributed by atoms with Gasteiger partial charge in [-0.25, -0.2) is 4.57 Å². The second kappa shape index (κ2) is 28.0. The first kappa shape index (κ1) is 34.4. The van der Waals surface area contributed by atoms with Gasteiger partial charge < -0.3 is 15.1 Å². The molecule has 0 aromatic rings. The summed E-state index contributed by atoms with van der Waals surface area (Å²) in [5.41, 5.74) is 0. The summed E-state index contributed by atoms with van der Waals surface area (Å²) in [5, 5.41) is 3.55. The zero-order valence-electron chi connectivity index (χ0n) is 22.5.